The van der Waals surface area contributed by atoms with Gasteiger partial charge >= 0.3 is 0 Å². The lowest BCUT2D eigenvalue weighted by Gasteiger charge is -2.20. The number of carbonyl (C=O) groups excluding carboxylic acids is 1. The first kappa shape index (κ1) is 13.7. The standard InChI is InChI=1S/C11H16BrNO2S/c1-8-6-16-7-10(8)11(14)13(2)4-9(12)5-15-3/h6-7,9H,4-5H2,1-3H3. The monoisotopic (exact) mass is 305 g/mol. The molecule has 1 aromatic heterocycles. The first-order valence-electron chi connectivity index (χ1n) is 4.97. The lowest BCUT2D eigenvalue weighted by atomic mass is 10.2. The van der Waals surface area contributed by atoms with Gasteiger partial charge < -0.3 is 9.64 Å². The molecule has 0 fully saturated rings. The maximum absolute atomic E-state index is 12.0. The highest BCUT2D eigenvalue weighted by Gasteiger charge is 2.17. The quantitative estimate of drug-likeness (QED) is 0.782. The Morgan fingerprint density at radius 3 is 2.81 bits per heavy atom. The molecule has 0 aliphatic heterocycles. The fourth-order valence-electron chi connectivity index (χ4n) is 1.40. The molecule has 3 nitrogen and oxygen atoms in total. The smallest absolute Gasteiger partial charge is 0.254 e. The molecule has 5 heteroatoms. The van der Waals surface area contributed by atoms with Crippen molar-refractivity contribution in [1.82, 2.24) is 4.90 Å². The molecule has 90 valence electrons. The van der Waals surface area contributed by atoms with Crippen LogP contribution in [0.1, 0.15) is 15.9 Å². The summed E-state index contributed by atoms with van der Waals surface area (Å²) in [7, 11) is 3.46. The normalized spacial score (nSPS) is 12.5. The second kappa shape index (κ2) is 6.37. The molecule has 1 heterocycles. The van der Waals surface area contributed by atoms with Gasteiger partial charge in [0.05, 0.1) is 17.0 Å². The molecule has 0 aliphatic carbocycles. The summed E-state index contributed by atoms with van der Waals surface area (Å²) in [6, 6.07) is 0. The van der Waals surface area contributed by atoms with Crippen LogP contribution in [0, 0.1) is 6.92 Å². The van der Waals surface area contributed by atoms with Gasteiger partial charge in [-0.15, -0.1) is 0 Å². The van der Waals surface area contributed by atoms with Crippen LogP contribution >= 0.6 is 27.3 Å². The van der Waals surface area contributed by atoms with E-state index in [9.17, 15) is 4.79 Å². The number of ether oxygens (including phenoxy) is 1. The van der Waals surface area contributed by atoms with Crippen molar-refractivity contribution >= 4 is 33.2 Å². The zero-order valence-corrected chi connectivity index (χ0v) is 12.1. The number of thiophene rings is 1. The summed E-state index contributed by atoms with van der Waals surface area (Å²) in [5.74, 6) is 0.0688. The minimum absolute atomic E-state index is 0.0688. The summed E-state index contributed by atoms with van der Waals surface area (Å²) >= 11 is 5.03. The number of hydrogen-bond donors (Lipinski definition) is 0. The Bertz CT molecular complexity index is 354. The molecule has 1 rings (SSSR count). The fourth-order valence-corrected chi connectivity index (χ4v) is 2.92. The molecule has 1 unspecified atom stereocenters. The van der Waals surface area contributed by atoms with Crippen molar-refractivity contribution in [2.75, 3.05) is 27.3 Å². The molecule has 0 saturated carbocycles. The molecule has 0 radical (unpaired) electrons. The summed E-state index contributed by atoms with van der Waals surface area (Å²) in [6.45, 7) is 3.19. The van der Waals surface area contributed by atoms with Crippen molar-refractivity contribution in [2.24, 2.45) is 0 Å². The molecule has 1 aromatic rings. The predicted molar refractivity (Wildman–Crippen MR) is 70.6 cm³/mol. The summed E-state index contributed by atoms with van der Waals surface area (Å²) in [6.07, 6.45) is 0. The van der Waals surface area contributed by atoms with Crippen molar-refractivity contribution in [2.45, 2.75) is 11.8 Å². The topological polar surface area (TPSA) is 29.5 Å². The van der Waals surface area contributed by atoms with E-state index in [1.807, 2.05) is 24.7 Å². The van der Waals surface area contributed by atoms with Gasteiger partial charge in [-0.1, -0.05) is 15.9 Å². The molecule has 0 aliphatic rings. The van der Waals surface area contributed by atoms with E-state index in [1.165, 1.54) is 0 Å². The number of halogens is 1. The van der Waals surface area contributed by atoms with Crippen molar-refractivity contribution in [3.8, 4) is 0 Å². The van der Waals surface area contributed by atoms with Crippen molar-refractivity contribution in [1.29, 1.82) is 0 Å². The fraction of sp³-hybridized carbons (Fsp3) is 0.545. The van der Waals surface area contributed by atoms with Crippen molar-refractivity contribution < 1.29 is 9.53 Å². The SMILES string of the molecule is COCC(Br)CN(C)C(=O)c1cscc1C. The number of alkyl halides is 1. The van der Waals surface area contributed by atoms with Crippen molar-refractivity contribution in [3.05, 3.63) is 21.9 Å². The van der Waals surface area contributed by atoms with Crippen LogP contribution < -0.4 is 0 Å². The molecule has 0 bridgehead atoms. The van der Waals surface area contributed by atoms with Crippen molar-refractivity contribution in [3.63, 3.8) is 0 Å². The number of carbonyl (C=O) groups is 1. The van der Waals surface area contributed by atoms with Gasteiger partial charge in [-0.2, -0.15) is 11.3 Å². The Hall–Kier alpha value is -0.390. The lowest BCUT2D eigenvalue weighted by Crippen LogP contribution is -2.33. The van der Waals surface area contributed by atoms with Crippen LogP contribution in [0.3, 0.4) is 0 Å². The minimum atomic E-state index is 0.0688. The average Bonchev–Trinajstić information content (AvgIpc) is 2.63. The molecule has 0 saturated heterocycles. The van der Waals surface area contributed by atoms with Crippen LogP contribution in [-0.4, -0.2) is 42.9 Å². The predicted octanol–water partition coefficient (Wildman–Crippen LogP) is 2.54. The summed E-state index contributed by atoms with van der Waals surface area (Å²) < 4.78 is 5.02. The molecule has 0 spiro atoms. The summed E-state index contributed by atoms with van der Waals surface area (Å²) in [5, 5.41) is 3.88. The Morgan fingerprint density at radius 2 is 2.31 bits per heavy atom. The second-order valence-electron chi connectivity index (χ2n) is 3.71. The van der Waals surface area contributed by atoms with Crippen LogP contribution in [-0.2, 0) is 4.74 Å². The zero-order valence-electron chi connectivity index (χ0n) is 9.70. The number of aryl methyl sites for hydroxylation is 1. The number of amides is 1. The minimum Gasteiger partial charge on any atom is -0.383 e. The maximum atomic E-state index is 12.0. The number of nitrogens with zero attached hydrogens (tertiary/aromatic N) is 1. The highest BCUT2D eigenvalue weighted by molar-refractivity contribution is 9.09. The van der Waals surface area contributed by atoms with E-state index in [2.05, 4.69) is 15.9 Å². The summed E-state index contributed by atoms with van der Waals surface area (Å²) in [4.78, 5) is 13.9. The Balaban J connectivity index is 2.58. The highest BCUT2D eigenvalue weighted by Crippen LogP contribution is 2.16. The summed E-state index contributed by atoms with van der Waals surface area (Å²) in [5.41, 5.74) is 1.84. The van der Waals surface area contributed by atoms with Gasteiger partial charge in [0.15, 0.2) is 0 Å². The van der Waals surface area contributed by atoms with Crippen LogP contribution in [0.25, 0.3) is 0 Å². The first-order chi connectivity index (χ1) is 7.56. The van der Waals surface area contributed by atoms with E-state index in [1.54, 1.807) is 23.3 Å². The maximum Gasteiger partial charge on any atom is 0.254 e. The molecule has 1 atom stereocenters. The first-order valence-corrected chi connectivity index (χ1v) is 6.83. The molecular formula is C11H16BrNO2S. The lowest BCUT2D eigenvalue weighted by molar-refractivity contribution is 0.0784. The number of hydrogen-bond acceptors (Lipinski definition) is 3. The largest absolute Gasteiger partial charge is 0.383 e. The third kappa shape index (κ3) is 3.57. The Labute approximate surface area is 109 Å². The third-order valence-electron chi connectivity index (χ3n) is 2.25. The number of methoxy groups -OCH3 is 1. The van der Waals surface area contributed by atoms with Gasteiger partial charge in [0, 0.05) is 26.1 Å². The van der Waals surface area contributed by atoms with Crippen LogP contribution in [0.2, 0.25) is 0 Å². The van der Waals surface area contributed by atoms with E-state index in [0.717, 1.165) is 11.1 Å². The molecule has 0 N–H and O–H groups in total. The molecular weight excluding hydrogens is 290 g/mol. The van der Waals surface area contributed by atoms with Gasteiger partial charge in [0.2, 0.25) is 0 Å². The molecule has 1 amide bonds. The van der Waals surface area contributed by atoms with Crippen LogP contribution in [0.4, 0.5) is 0 Å². The molecule has 0 aromatic carbocycles. The number of rotatable bonds is 5. The van der Waals surface area contributed by atoms with Gasteiger partial charge in [-0.3, -0.25) is 4.79 Å². The van der Waals surface area contributed by atoms with Gasteiger partial charge in [-0.05, 0) is 17.9 Å². The van der Waals surface area contributed by atoms with E-state index < -0.39 is 0 Å². The highest BCUT2D eigenvalue weighted by atomic mass is 79.9. The second-order valence-corrected chi connectivity index (χ2v) is 5.75. The van der Waals surface area contributed by atoms with Crippen LogP contribution in [0.5, 0.6) is 0 Å². The van der Waals surface area contributed by atoms with Gasteiger partial charge in [0.1, 0.15) is 0 Å². The Kier molecular flexibility index (Phi) is 5.44. The van der Waals surface area contributed by atoms with E-state index in [4.69, 9.17) is 4.74 Å². The van der Waals surface area contributed by atoms with E-state index in [0.29, 0.717) is 13.2 Å². The van der Waals surface area contributed by atoms with Gasteiger partial charge in [0.25, 0.3) is 5.91 Å². The van der Waals surface area contributed by atoms with E-state index in [-0.39, 0.29) is 10.7 Å². The zero-order chi connectivity index (χ0) is 12.1. The third-order valence-corrected chi connectivity index (χ3v) is 3.67. The Morgan fingerprint density at radius 1 is 1.62 bits per heavy atom. The average molecular weight is 306 g/mol. The van der Waals surface area contributed by atoms with Gasteiger partial charge in [-0.25, -0.2) is 0 Å². The van der Waals surface area contributed by atoms with Crippen LogP contribution in [0.15, 0.2) is 10.8 Å². The molecule has 16 heavy (non-hydrogen) atoms. The van der Waals surface area contributed by atoms with E-state index >= 15 is 0 Å².